The third kappa shape index (κ3) is 4.74. The van der Waals surface area contributed by atoms with E-state index in [1.54, 1.807) is 0 Å². The molecular weight excluding hydrogens is 363 g/mol. The van der Waals surface area contributed by atoms with Gasteiger partial charge in [-0.2, -0.15) is 0 Å². The van der Waals surface area contributed by atoms with E-state index < -0.39 is 16.6 Å². The third-order valence-corrected chi connectivity index (χ3v) is 15.9. The molecule has 0 aromatic rings. The molecule has 0 nitrogen and oxygen atoms in total. The second-order valence-corrected chi connectivity index (χ2v) is 18.1. The van der Waals surface area contributed by atoms with Crippen LogP contribution < -0.4 is 24.8 Å². The largest absolute Gasteiger partial charge is 1.00 e. The summed E-state index contributed by atoms with van der Waals surface area (Å²) in [5, 5.41) is 0. The maximum Gasteiger partial charge on any atom is -1.00 e. The second kappa shape index (κ2) is 9.69. The van der Waals surface area contributed by atoms with Gasteiger partial charge in [-0.25, -0.2) is 0 Å². The van der Waals surface area contributed by atoms with Gasteiger partial charge in [-0.05, 0) is 0 Å². The van der Waals surface area contributed by atoms with Crippen LogP contribution in [0.15, 0.2) is 43.2 Å². The summed E-state index contributed by atoms with van der Waals surface area (Å²) in [7, 11) is 0. The van der Waals surface area contributed by atoms with Gasteiger partial charge >= 0.3 is 131 Å². The molecule has 0 saturated carbocycles. The van der Waals surface area contributed by atoms with E-state index in [9.17, 15) is 0 Å². The smallest absolute Gasteiger partial charge is 1.00 e. The van der Waals surface area contributed by atoms with Crippen molar-refractivity contribution in [1.29, 1.82) is 0 Å². The van der Waals surface area contributed by atoms with Crippen molar-refractivity contribution >= 4 is 6.19 Å². The zero-order chi connectivity index (χ0) is 14.9. The molecule has 4 heteroatoms. The van der Waals surface area contributed by atoms with Crippen LogP contribution in [0.25, 0.3) is 0 Å². The minimum Gasteiger partial charge on any atom is -1.00 e. The standard InChI is InChI=1S/2C8H11.C2H6Si.2ClH.Ti/c2*1-3-8-5-4-7(2)6-8;1-3-2;;;/h2*4,6,8H,3H2,1-2H3;1-2H3;2*1H;/q;;;;;+2/p-2. The summed E-state index contributed by atoms with van der Waals surface area (Å²) < 4.78 is 3.74. The Bertz CT molecular complexity index is 520. The first-order valence-corrected chi connectivity index (χ1v) is 14.4. The van der Waals surface area contributed by atoms with Crippen LogP contribution in [0, 0.1) is 11.8 Å². The maximum atomic E-state index is 2.56. The predicted octanol–water partition coefficient (Wildman–Crippen LogP) is -0.396. The SMILES string of the molecule is CCC1C=C(C)C=[C]1[Ti+2]([C]1=CC(C)=CC1CC)=[Si](C)C.[Cl-].[Cl-]. The number of hydrogen-bond donors (Lipinski definition) is 0. The molecule has 0 bridgehead atoms. The van der Waals surface area contributed by atoms with E-state index in [0.29, 0.717) is 0 Å². The van der Waals surface area contributed by atoms with Gasteiger partial charge in [-0.3, -0.25) is 0 Å². The quantitative estimate of drug-likeness (QED) is 0.573. The normalized spacial score (nSPS) is 22.4. The molecule has 0 radical (unpaired) electrons. The Hall–Kier alpha value is 0.471. The van der Waals surface area contributed by atoms with E-state index in [2.05, 4.69) is 65.1 Å². The van der Waals surface area contributed by atoms with Crippen molar-refractivity contribution in [3.8, 4) is 0 Å². The number of allylic oxidation sites excluding steroid dienone is 8. The first kappa shape index (κ1) is 22.5. The Morgan fingerprint density at radius 2 is 1.23 bits per heavy atom. The van der Waals surface area contributed by atoms with Crippen molar-refractivity contribution in [2.75, 3.05) is 0 Å². The van der Waals surface area contributed by atoms with Gasteiger partial charge in [0.2, 0.25) is 0 Å². The Labute approximate surface area is 155 Å². The summed E-state index contributed by atoms with van der Waals surface area (Å²) in [6, 6.07) is 0. The molecule has 0 amide bonds. The van der Waals surface area contributed by atoms with Gasteiger partial charge in [0.05, 0.1) is 0 Å². The minimum absolute atomic E-state index is 0. The van der Waals surface area contributed by atoms with E-state index in [4.69, 9.17) is 0 Å². The van der Waals surface area contributed by atoms with Crippen LogP contribution in [0.2, 0.25) is 13.1 Å². The third-order valence-electron chi connectivity index (χ3n) is 4.45. The summed E-state index contributed by atoms with van der Waals surface area (Å²) in [5.41, 5.74) is 3.02. The molecule has 2 rings (SSSR count). The Balaban J connectivity index is 0.00000220. The molecule has 0 aromatic heterocycles. The molecule has 0 saturated heterocycles. The molecule has 0 heterocycles. The summed E-state index contributed by atoms with van der Waals surface area (Å²) in [5.74, 6) is 1.51. The van der Waals surface area contributed by atoms with Crippen molar-refractivity contribution in [2.24, 2.45) is 11.8 Å². The van der Waals surface area contributed by atoms with Crippen LogP contribution in [0.4, 0.5) is 0 Å². The van der Waals surface area contributed by atoms with Gasteiger partial charge in [0.25, 0.3) is 0 Å². The summed E-state index contributed by atoms with van der Waals surface area (Å²) >= 11 is -1.25. The van der Waals surface area contributed by atoms with Crippen LogP contribution in [-0.2, 0) is 16.6 Å². The van der Waals surface area contributed by atoms with E-state index in [1.165, 1.54) is 24.0 Å². The first-order chi connectivity index (χ1) is 9.47. The van der Waals surface area contributed by atoms with Crippen molar-refractivity contribution in [3.05, 3.63) is 43.2 Å². The maximum absolute atomic E-state index is 2.56. The van der Waals surface area contributed by atoms with Gasteiger partial charge in [-0.1, -0.05) is 0 Å². The zero-order valence-electron chi connectivity index (χ0n) is 14.6. The molecule has 2 aliphatic carbocycles. The van der Waals surface area contributed by atoms with Gasteiger partial charge in [0.1, 0.15) is 0 Å². The fourth-order valence-electron chi connectivity index (χ4n) is 3.55. The van der Waals surface area contributed by atoms with Gasteiger partial charge in [0.15, 0.2) is 0 Å². The molecule has 0 fully saturated rings. The summed E-state index contributed by atoms with van der Waals surface area (Å²) in [6.07, 6.45) is 12.5. The molecule has 2 unspecified atom stereocenters. The second-order valence-electron chi connectivity index (χ2n) is 6.43. The van der Waals surface area contributed by atoms with Crippen molar-refractivity contribution in [1.82, 2.24) is 0 Å². The van der Waals surface area contributed by atoms with Gasteiger partial charge in [0, 0.05) is 0 Å². The van der Waals surface area contributed by atoms with Crippen LogP contribution in [0.5, 0.6) is 0 Å². The van der Waals surface area contributed by atoms with E-state index in [0.717, 1.165) is 11.8 Å². The topological polar surface area (TPSA) is 0 Å². The van der Waals surface area contributed by atoms with E-state index >= 15 is 0 Å². The number of halogens is 2. The predicted molar refractivity (Wildman–Crippen MR) is 88.7 cm³/mol. The van der Waals surface area contributed by atoms with E-state index in [1.807, 2.05) is 7.76 Å². The van der Waals surface area contributed by atoms with Crippen LogP contribution in [-0.4, -0.2) is 6.19 Å². The average Bonchev–Trinajstić information content (AvgIpc) is 2.92. The molecule has 0 aromatic carbocycles. The Morgan fingerprint density at radius 1 is 0.864 bits per heavy atom. The fourth-order valence-corrected chi connectivity index (χ4v) is 16.0. The molecule has 0 aliphatic heterocycles. The Morgan fingerprint density at radius 3 is 1.50 bits per heavy atom. The molecule has 0 N–H and O–H groups in total. The first-order valence-electron chi connectivity index (χ1n) is 7.96. The average molecular weight is 391 g/mol. The van der Waals surface area contributed by atoms with Crippen LogP contribution in [0.3, 0.4) is 0 Å². The van der Waals surface area contributed by atoms with E-state index in [-0.39, 0.29) is 31.0 Å². The molecule has 2 atom stereocenters. The molecule has 122 valence electrons. The molecule has 2 aliphatic rings. The summed E-state index contributed by atoms with van der Waals surface area (Å²) in [6.45, 7) is 14.4. The minimum atomic E-state index is -1.25. The van der Waals surface area contributed by atoms with Gasteiger partial charge in [-0.15, -0.1) is 0 Å². The number of rotatable bonds is 4. The Kier molecular flexibility index (Phi) is 9.90. The van der Waals surface area contributed by atoms with Crippen molar-refractivity contribution in [2.45, 2.75) is 53.6 Å². The monoisotopic (exact) mass is 390 g/mol. The van der Waals surface area contributed by atoms with Crippen molar-refractivity contribution < 1.29 is 41.4 Å². The van der Waals surface area contributed by atoms with Crippen molar-refractivity contribution in [3.63, 3.8) is 0 Å². The van der Waals surface area contributed by atoms with Crippen LogP contribution >= 0.6 is 0 Å². The molecule has 22 heavy (non-hydrogen) atoms. The zero-order valence-corrected chi connectivity index (χ0v) is 18.7. The molecular formula is C18H28Cl2SiTi. The number of hydrogen-bond acceptors (Lipinski definition) is 0. The molecule has 0 spiro atoms. The van der Waals surface area contributed by atoms with Crippen LogP contribution in [0.1, 0.15) is 40.5 Å². The fraction of sp³-hybridized carbons (Fsp3) is 0.556. The summed E-state index contributed by atoms with van der Waals surface area (Å²) in [4.78, 5) is 0. The van der Waals surface area contributed by atoms with Gasteiger partial charge < -0.3 is 24.8 Å².